The van der Waals surface area contributed by atoms with Gasteiger partial charge in [0.15, 0.2) is 21.1 Å². The summed E-state index contributed by atoms with van der Waals surface area (Å²) in [5, 5.41) is 5.91. The number of nitrogens with zero attached hydrogens (tertiary/aromatic N) is 6. The van der Waals surface area contributed by atoms with Gasteiger partial charge in [-0.1, -0.05) is 29.8 Å². The summed E-state index contributed by atoms with van der Waals surface area (Å²) in [6.45, 7) is 0.988. The normalized spacial score (nSPS) is 12.9. The van der Waals surface area contributed by atoms with Gasteiger partial charge in [0.05, 0.1) is 31.6 Å². The fourth-order valence-electron chi connectivity index (χ4n) is 3.66. The quantitative estimate of drug-likeness (QED) is 0.345. The van der Waals surface area contributed by atoms with Crippen molar-refractivity contribution in [1.29, 1.82) is 0 Å². The van der Waals surface area contributed by atoms with Crippen molar-refractivity contribution in [1.82, 2.24) is 14.1 Å². The van der Waals surface area contributed by atoms with Crippen LogP contribution in [0.15, 0.2) is 88.0 Å². The zero-order valence-electron chi connectivity index (χ0n) is 18.2. The van der Waals surface area contributed by atoms with E-state index >= 15 is 0 Å². The van der Waals surface area contributed by atoms with Crippen LogP contribution in [0, 0.1) is 4.77 Å². The van der Waals surface area contributed by atoms with Crippen LogP contribution in [0.25, 0.3) is 11.5 Å². The maximum Gasteiger partial charge on any atom is 0.193 e. The third-order valence-electron chi connectivity index (χ3n) is 5.21. The number of hydrogen-bond donors (Lipinski definition) is 1. The van der Waals surface area contributed by atoms with E-state index < -0.39 is 0 Å². The smallest absolute Gasteiger partial charge is 0.193 e. The van der Waals surface area contributed by atoms with Crippen molar-refractivity contribution in [3.05, 3.63) is 99.1 Å². The summed E-state index contributed by atoms with van der Waals surface area (Å²) in [6, 6.07) is 20.6. The molecule has 10 heteroatoms. The molecule has 5 rings (SSSR count). The third-order valence-corrected chi connectivity index (χ3v) is 5.83. The minimum absolute atomic E-state index is 0.469. The standard InChI is InChI=1S/C24H20ClN7OS/c1-33-19-7-3-2-6-18(19)29-30-21-22-27-14-15-28-23(21)32(20-8-4-5-13-26-20)24(34)31(22)17-11-9-16(25)10-12-17/h2-13,29H,14-15H2,1H3/b30-21-. The minimum Gasteiger partial charge on any atom is -0.495 e. The molecule has 0 saturated carbocycles. The number of aromatic nitrogens is 3. The second kappa shape index (κ2) is 9.58. The van der Waals surface area contributed by atoms with E-state index in [9.17, 15) is 0 Å². The summed E-state index contributed by atoms with van der Waals surface area (Å²) >= 11 is 12.1. The lowest BCUT2D eigenvalue weighted by Crippen LogP contribution is -2.51. The second-order valence-corrected chi connectivity index (χ2v) is 8.10. The number of anilines is 1. The zero-order valence-corrected chi connectivity index (χ0v) is 19.8. The summed E-state index contributed by atoms with van der Waals surface area (Å²) in [4.78, 5) is 14.1. The highest BCUT2D eigenvalue weighted by Gasteiger charge is 2.15. The number of methoxy groups -OCH3 is 1. The molecule has 1 aliphatic rings. The second-order valence-electron chi connectivity index (χ2n) is 7.30. The lowest BCUT2D eigenvalue weighted by molar-refractivity contribution is 0.416. The van der Waals surface area contributed by atoms with Crippen molar-refractivity contribution < 1.29 is 4.74 Å². The van der Waals surface area contributed by atoms with Gasteiger partial charge in [-0.15, -0.1) is 0 Å². The van der Waals surface area contributed by atoms with Gasteiger partial charge in [0.1, 0.15) is 11.6 Å². The Labute approximate surface area is 205 Å². The Morgan fingerprint density at radius 1 is 0.941 bits per heavy atom. The Balaban J connectivity index is 1.87. The molecule has 2 aromatic carbocycles. The number of hydrogen-bond acceptors (Lipinski definition) is 7. The lowest BCUT2D eigenvalue weighted by atomic mass is 10.3. The molecule has 0 fully saturated rings. The van der Waals surface area contributed by atoms with Crippen molar-refractivity contribution in [2.75, 3.05) is 25.6 Å². The Morgan fingerprint density at radius 2 is 1.65 bits per heavy atom. The Morgan fingerprint density at radius 3 is 2.35 bits per heavy atom. The lowest BCUT2D eigenvalue weighted by Gasteiger charge is -2.14. The van der Waals surface area contributed by atoms with Crippen LogP contribution in [-0.2, 0) is 0 Å². The van der Waals surface area contributed by atoms with Crippen molar-refractivity contribution in [2.45, 2.75) is 0 Å². The number of rotatable bonds is 5. The van der Waals surface area contributed by atoms with Crippen molar-refractivity contribution in [2.24, 2.45) is 15.1 Å². The molecule has 3 heterocycles. The Kier molecular flexibility index (Phi) is 6.20. The molecule has 0 saturated heterocycles. The van der Waals surface area contributed by atoms with Crippen LogP contribution in [-0.4, -0.2) is 34.3 Å². The van der Waals surface area contributed by atoms with Gasteiger partial charge in [-0.05, 0) is 60.7 Å². The first kappa shape index (κ1) is 22.0. The maximum atomic E-state index is 6.15. The molecule has 4 aromatic rings. The van der Waals surface area contributed by atoms with Gasteiger partial charge >= 0.3 is 0 Å². The Bertz CT molecular complexity index is 1600. The molecule has 0 aliphatic carbocycles. The molecule has 8 nitrogen and oxygen atoms in total. The van der Waals surface area contributed by atoms with Crippen LogP contribution in [0.4, 0.5) is 5.69 Å². The fourth-order valence-corrected chi connectivity index (χ4v) is 4.16. The van der Waals surface area contributed by atoms with Crippen LogP contribution in [0.2, 0.25) is 5.02 Å². The van der Waals surface area contributed by atoms with Crippen molar-refractivity contribution >= 4 is 29.5 Å². The van der Waals surface area contributed by atoms with E-state index in [1.54, 1.807) is 13.3 Å². The molecule has 170 valence electrons. The summed E-state index contributed by atoms with van der Waals surface area (Å²) in [5.74, 6) is 1.30. The van der Waals surface area contributed by atoms with Gasteiger partial charge in [-0.3, -0.25) is 24.5 Å². The van der Waals surface area contributed by atoms with Gasteiger partial charge in [0.2, 0.25) is 0 Å². The van der Waals surface area contributed by atoms with E-state index in [1.807, 2.05) is 75.9 Å². The van der Waals surface area contributed by atoms with Gasteiger partial charge in [0, 0.05) is 11.2 Å². The van der Waals surface area contributed by atoms with E-state index in [2.05, 4.69) is 10.4 Å². The number of pyridine rings is 1. The molecule has 0 spiro atoms. The molecule has 0 amide bonds. The molecule has 0 radical (unpaired) electrons. The molecular weight excluding hydrogens is 470 g/mol. The summed E-state index contributed by atoms with van der Waals surface area (Å²) < 4.78 is 9.61. The maximum absolute atomic E-state index is 6.15. The van der Waals surface area contributed by atoms with E-state index in [4.69, 9.17) is 43.6 Å². The SMILES string of the molecule is COc1ccccc1N/N=c1/c2n(-c3ccc(Cl)cc3)c(=S)n(-c3ccccn3)c1=NCCN=2. The van der Waals surface area contributed by atoms with E-state index in [1.165, 1.54) is 0 Å². The van der Waals surface area contributed by atoms with E-state index in [-0.39, 0.29) is 0 Å². The number of para-hydroxylation sites is 2. The average Bonchev–Trinajstić information content (AvgIpc) is 3.03. The largest absolute Gasteiger partial charge is 0.495 e. The molecular formula is C24H20ClN7OS. The highest BCUT2D eigenvalue weighted by molar-refractivity contribution is 7.71. The highest BCUT2D eigenvalue weighted by atomic mass is 35.5. The summed E-state index contributed by atoms with van der Waals surface area (Å²) in [5.41, 5.74) is 5.81. The zero-order chi connectivity index (χ0) is 23.5. The monoisotopic (exact) mass is 489 g/mol. The first-order valence-corrected chi connectivity index (χ1v) is 11.3. The third kappa shape index (κ3) is 4.11. The average molecular weight is 490 g/mol. The van der Waals surface area contributed by atoms with Crippen LogP contribution in [0.5, 0.6) is 5.75 Å². The predicted molar refractivity (Wildman–Crippen MR) is 133 cm³/mol. The van der Waals surface area contributed by atoms with Gasteiger partial charge in [0.25, 0.3) is 0 Å². The molecule has 1 aliphatic heterocycles. The van der Waals surface area contributed by atoms with Crippen molar-refractivity contribution in [3.8, 4) is 17.3 Å². The first-order chi connectivity index (χ1) is 16.7. The molecule has 34 heavy (non-hydrogen) atoms. The van der Waals surface area contributed by atoms with Crippen LogP contribution in [0.3, 0.4) is 0 Å². The minimum atomic E-state index is 0.469. The number of ether oxygens (including phenoxy) is 1. The molecule has 2 bridgehead atoms. The first-order valence-electron chi connectivity index (χ1n) is 10.5. The fraction of sp³-hybridized carbons (Fsp3) is 0.125. The number of halogens is 1. The van der Waals surface area contributed by atoms with Crippen LogP contribution < -0.4 is 26.5 Å². The van der Waals surface area contributed by atoms with Gasteiger partial charge < -0.3 is 4.74 Å². The molecule has 1 N–H and O–H groups in total. The van der Waals surface area contributed by atoms with Crippen LogP contribution in [0.1, 0.15) is 0 Å². The molecule has 0 unspecified atom stereocenters. The molecule has 2 aromatic heterocycles. The van der Waals surface area contributed by atoms with Crippen LogP contribution >= 0.6 is 23.8 Å². The van der Waals surface area contributed by atoms with E-state index in [0.717, 1.165) is 5.69 Å². The van der Waals surface area contributed by atoms with Gasteiger partial charge in [-0.2, -0.15) is 5.10 Å². The molecule has 0 atom stereocenters. The Hall–Kier alpha value is -3.82. The number of fused-ring (bicyclic) bond motifs is 2. The topological polar surface area (TPSA) is 81.1 Å². The predicted octanol–water partition coefficient (Wildman–Crippen LogP) is 3.24. The van der Waals surface area contributed by atoms with Gasteiger partial charge in [-0.25, -0.2) is 4.98 Å². The number of nitrogens with one attached hydrogen (secondary N) is 1. The summed E-state index contributed by atoms with van der Waals surface area (Å²) in [6.07, 6.45) is 1.72. The van der Waals surface area contributed by atoms with Crippen molar-refractivity contribution in [3.63, 3.8) is 0 Å². The van der Waals surface area contributed by atoms with E-state index in [0.29, 0.717) is 56.5 Å². The number of benzene rings is 2. The summed E-state index contributed by atoms with van der Waals surface area (Å²) in [7, 11) is 1.62. The highest BCUT2D eigenvalue weighted by Crippen LogP contribution is 2.22.